The molecule has 10 rings (SSSR count). The summed E-state index contributed by atoms with van der Waals surface area (Å²) in [5.41, 5.74) is -6.89. The van der Waals surface area contributed by atoms with E-state index in [9.17, 15) is 45.6 Å². The first-order valence-electron chi connectivity index (χ1n) is 30.6. The van der Waals surface area contributed by atoms with Crippen LogP contribution in [0.2, 0.25) is 0 Å². The van der Waals surface area contributed by atoms with Gasteiger partial charge in [-0.1, -0.05) is 53.5 Å². The molecule has 17 nitrogen and oxygen atoms in total. The monoisotopic (exact) mass is 1160 g/mol. The molecule has 1 aromatic heterocycles. The highest BCUT2D eigenvalue weighted by Gasteiger charge is 2.78. The Morgan fingerprint density at radius 2 is 1.71 bits per heavy atom. The Bertz CT molecular complexity index is 2440. The highest BCUT2D eigenvalue weighted by molar-refractivity contribution is 8.77. The zero-order valence-electron chi connectivity index (χ0n) is 47.8. The standard InChI is InChI=1S/C61H95N3O14S2/c1-5-74-49(69)14-11-41-28-42-18-25-75-51(42)53-52(41)77-55-61(73)50-43(10-12-45(67)44(50)35-66)32-59(72,54(61)70)60(78-55)36-79-80-58(47(64-23-26-76-53)13-9-37(2)7-6-8-48(60)68)22-21-56(19-15-39(29-56)33-62-3)46(58)16-20-57(71)30-38(17-24-65)27-40(31-57)34-63-4/h10,12,18,25,28,37-40,43-48,50,54-55,62-68,70-73H,5-9,11,13-17,19-24,26-27,29-36H2,1-4H3/t37-,38-,39+,40+,43+,44-,45+,46-,47+,48-,50+,54+,55-,56+,57+,58+,59+,60-,61-/m1/s1. The smallest absolute Gasteiger partial charge is 0.306 e. The van der Waals surface area contributed by atoms with Crippen LogP contribution in [0.3, 0.4) is 0 Å². The summed E-state index contributed by atoms with van der Waals surface area (Å²) in [5.74, 6) is -1.61. The van der Waals surface area contributed by atoms with Gasteiger partial charge in [0, 0.05) is 59.9 Å². The topological polar surface area (TPSA) is 265 Å². The molecule has 6 fully saturated rings. The summed E-state index contributed by atoms with van der Waals surface area (Å²) in [5, 5.41) is 112. The number of aliphatic hydroxyl groups excluding tert-OH is 5. The number of carbonyl (C=O) groups is 1. The normalized spacial score (nSPS) is 43.2. The van der Waals surface area contributed by atoms with Crippen molar-refractivity contribution in [3.8, 4) is 11.5 Å². The first-order valence-corrected chi connectivity index (χ1v) is 32.9. The zero-order valence-corrected chi connectivity index (χ0v) is 49.5. The van der Waals surface area contributed by atoms with Crippen LogP contribution < -0.4 is 25.4 Å². The number of aliphatic hydroxyl groups is 8. The lowest BCUT2D eigenvalue weighted by atomic mass is 9.50. The van der Waals surface area contributed by atoms with Gasteiger partial charge in [0.2, 0.25) is 12.0 Å². The molecule has 4 heterocycles. The summed E-state index contributed by atoms with van der Waals surface area (Å²) in [6.45, 7) is 6.05. The van der Waals surface area contributed by atoms with E-state index in [0.717, 1.165) is 77.3 Å². The predicted molar refractivity (Wildman–Crippen MR) is 308 cm³/mol. The molecule has 11 N–H and O–H groups in total. The molecule has 5 aliphatic carbocycles. The van der Waals surface area contributed by atoms with Crippen LogP contribution in [-0.2, 0) is 20.7 Å². The third-order valence-electron chi connectivity index (χ3n) is 21.4. The number of allylic oxidation sites excluding steroid dienone is 1. The number of aryl methyl sites for hydroxylation is 1. The van der Waals surface area contributed by atoms with Crippen LogP contribution in [0.15, 0.2) is 35.0 Å². The average Bonchev–Trinajstić information content (AvgIpc) is 4.21. The molecule has 0 amide bonds. The van der Waals surface area contributed by atoms with Gasteiger partial charge in [-0.15, -0.1) is 0 Å². The zero-order chi connectivity index (χ0) is 56.7. The minimum atomic E-state index is -2.51. The summed E-state index contributed by atoms with van der Waals surface area (Å²) in [4.78, 5) is 13.1. The van der Waals surface area contributed by atoms with Crippen molar-refractivity contribution < 1.29 is 69.0 Å². The third-order valence-corrected chi connectivity index (χ3v) is 24.8. The van der Waals surface area contributed by atoms with E-state index in [1.54, 1.807) is 42.2 Å². The summed E-state index contributed by atoms with van der Waals surface area (Å²) in [7, 11) is 7.37. The Labute approximate surface area is 481 Å². The Kier molecular flexibility index (Phi) is 19.0. The number of rotatable bonds is 14. The Morgan fingerprint density at radius 1 is 0.912 bits per heavy atom. The maximum absolute atomic E-state index is 13.9. The number of fused-ring (bicyclic) bond motifs is 11. The van der Waals surface area contributed by atoms with E-state index in [-0.39, 0.29) is 97.9 Å². The van der Waals surface area contributed by atoms with Crippen LogP contribution in [0.25, 0.3) is 11.0 Å². The van der Waals surface area contributed by atoms with E-state index >= 15 is 0 Å². The van der Waals surface area contributed by atoms with Crippen molar-refractivity contribution >= 4 is 38.5 Å². The Morgan fingerprint density at radius 3 is 2.49 bits per heavy atom. The van der Waals surface area contributed by atoms with Crippen LogP contribution in [-0.4, -0.2) is 171 Å². The van der Waals surface area contributed by atoms with Gasteiger partial charge in [-0.25, -0.2) is 0 Å². The fourth-order valence-corrected chi connectivity index (χ4v) is 22.0. The van der Waals surface area contributed by atoms with Gasteiger partial charge < -0.3 is 80.2 Å². The lowest BCUT2D eigenvalue weighted by molar-refractivity contribution is -0.424. The molecule has 2 saturated heterocycles. The summed E-state index contributed by atoms with van der Waals surface area (Å²) >= 11 is 0. The number of benzene rings is 1. The van der Waals surface area contributed by atoms with Gasteiger partial charge in [-0.3, -0.25) is 4.79 Å². The van der Waals surface area contributed by atoms with Crippen LogP contribution in [0.5, 0.6) is 11.5 Å². The fourth-order valence-electron chi connectivity index (χ4n) is 17.7. The van der Waals surface area contributed by atoms with Crippen LogP contribution >= 0.6 is 21.6 Å². The minimum Gasteiger partial charge on any atom is -0.485 e. The quantitative estimate of drug-likeness (QED) is 0.0609. The molecule has 8 aliphatic rings. The number of carbonyl (C=O) groups excluding carboxylic acids is 1. The van der Waals surface area contributed by atoms with Crippen molar-refractivity contribution in [2.24, 2.45) is 52.8 Å². The predicted octanol–water partition coefficient (Wildman–Crippen LogP) is 5.78. The van der Waals surface area contributed by atoms with Crippen LogP contribution in [0.4, 0.5) is 0 Å². The molecule has 450 valence electrons. The maximum atomic E-state index is 13.9. The molecule has 0 unspecified atom stereocenters. The number of esters is 1. The van der Waals surface area contributed by atoms with Gasteiger partial charge in [-0.2, -0.15) is 0 Å². The van der Waals surface area contributed by atoms with E-state index in [0.29, 0.717) is 61.1 Å². The first kappa shape index (κ1) is 60.9. The van der Waals surface area contributed by atoms with Gasteiger partial charge in [0.1, 0.15) is 23.9 Å². The van der Waals surface area contributed by atoms with Gasteiger partial charge in [0.15, 0.2) is 16.9 Å². The highest BCUT2D eigenvalue weighted by atomic mass is 33.1. The molecule has 0 radical (unpaired) electrons. The van der Waals surface area contributed by atoms with Crippen molar-refractivity contribution in [1.29, 1.82) is 0 Å². The molecule has 2 aromatic rings. The Balaban J connectivity index is 1.14. The largest absolute Gasteiger partial charge is 0.485 e. The third kappa shape index (κ3) is 11.2. The van der Waals surface area contributed by atoms with Gasteiger partial charge in [0.05, 0.1) is 30.7 Å². The average molecular weight is 1160 g/mol. The summed E-state index contributed by atoms with van der Waals surface area (Å²) in [6.07, 6.45) is 11.2. The molecule has 5 bridgehead atoms. The molecule has 19 atom stereocenters. The SMILES string of the molecule is CCOC(=O)CCc1cc2ccoc2c2c1O[C@@H]1O[C@@]3(CSS[C@]4(CC[C@]5(CC[C@H](CNC)C5)[C@H]4CC[C@]4(O)C[C@H](CCO)C[C@H](CNC)C4)[C@H](CC[C@H](C)CCC[C@H]3O)NCCO2)[C@]2(O)C[C@@H]3C=C[C@H](O)[C@@H](CO)[C@H]3[C@@]1(O)[C@H]2O. The minimum absolute atomic E-state index is 0.0175. The molecule has 3 aliphatic heterocycles. The van der Waals surface area contributed by atoms with E-state index in [1.165, 1.54) is 0 Å². The number of nitrogens with one attached hydrogen (secondary N) is 3. The van der Waals surface area contributed by atoms with E-state index in [2.05, 4.69) is 22.9 Å². The van der Waals surface area contributed by atoms with Crippen molar-refractivity contribution in [2.75, 3.05) is 65.9 Å². The van der Waals surface area contributed by atoms with Crippen LogP contribution in [0, 0.1) is 52.8 Å². The van der Waals surface area contributed by atoms with E-state index < -0.39 is 82.1 Å². The van der Waals surface area contributed by atoms with Gasteiger partial charge in [0.25, 0.3) is 0 Å². The van der Waals surface area contributed by atoms with E-state index in [4.69, 9.17) is 23.4 Å². The Hall–Kier alpha value is -2.21. The van der Waals surface area contributed by atoms with Gasteiger partial charge >= 0.3 is 5.97 Å². The second kappa shape index (κ2) is 25.0. The molecule has 4 saturated carbocycles. The van der Waals surface area contributed by atoms with Crippen molar-refractivity contribution in [1.82, 2.24) is 16.0 Å². The molecule has 3 spiro atoms. The second-order valence-corrected chi connectivity index (χ2v) is 28.9. The molecule has 80 heavy (non-hydrogen) atoms. The highest BCUT2D eigenvalue weighted by Crippen LogP contribution is 2.69. The summed E-state index contributed by atoms with van der Waals surface area (Å²) in [6, 6.07) is 3.58. The van der Waals surface area contributed by atoms with Crippen molar-refractivity contribution in [3.05, 3.63) is 36.1 Å². The van der Waals surface area contributed by atoms with Gasteiger partial charge in [-0.05, 0) is 195 Å². The van der Waals surface area contributed by atoms with Crippen molar-refractivity contribution in [2.45, 2.75) is 194 Å². The van der Waals surface area contributed by atoms with E-state index in [1.807, 2.05) is 31.0 Å². The first-order chi connectivity index (χ1) is 38.5. The molecular weight excluding hydrogens is 1060 g/mol. The number of hydrogen-bond acceptors (Lipinski definition) is 19. The lowest BCUT2D eigenvalue weighted by Gasteiger charge is -2.67. The lowest BCUT2D eigenvalue weighted by Crippen LogP contribution is -2.86. The van der Waals surface area contributed by atoms with Crippen LogP contribution in [0.1, 0.15) is 135 Å². The molecule has 1 aromatic carbocycles. The molecule has 19 heteroatoms. The number of ether oxygens (including phenoxy) is 4. The second-order valence-electron chi connectivity index (χ2n) is 26.2. The van der Waals surface area contributed by atoms with Crippen molar-refractivity contribution in [3.63, 3.8) is 0 Å². The number of hydrogen-bond donors (Lipinski definition) is 11. The fraction of sp³-hybridized carbons (Fsp3) is 0.820. The summed E-state index contributed by atoms with van der Waals surface area (Å²) < 4.78 is 32.6. The maximum Gasteiger partial charge on any atom is 0.306 e. The molecular formula is C61H95N3O14S2. The number of furan rings is 1.